The molecule has 1 heterocycles. The van der Waals surface area contributed by atoms with E-state index < -0.39 is 11.6 Å². The second-order valence-electron chi connectivity index (χ2n) is 4.76. The lowest BCUT2D eigenvalue weighted by Gasteiger charge is -2.40. The van der Waals surface area contributed by atoms with Gasteiger partial charge in [0, 0.05) is 31.4 Å². The van der Waals surface area contributed by atoms with E-state index >= 15 is 0 Å². The summed E-state index contributed by atoms with van der Waals surface area (Å²) in [6.45, 7) is 7.21. The van der Waals surface area contributed by atoms with E-state index in [0.717, 1.165) is 13.1 Å². The maximum Gasteiger partial charge on any atom is 0.151 e. The van der Waals surface area contributed by atoms with Crippen molar-refractivity contribution in [3.63, 3.8) is 0 Å². The summed E-state index contributed by atoms with van der Waals surface area (Å²) in [6.07, 6.45) is 0. The van der Waals surface area contributed by atoms with E-state index in [9.17, 15) is 8.78 Å². The highest BCUT2D eigenvalue weighted by Crippen LogP contribution is 2.27. The van der Waals surface area contributed by atoms with Crippen LogP contribution in [0.25, 0.3) is 0 Å². The van der Waals surface area contributed by atoms with Gasteiger partial charge in [0.05, 0.1) is 0 Å². The lowest BCUT2D eigenvalue weighted by atomic mass is 10.1. The maximum absolute atomic E-state index is 13.8. The molecule has 1 saturated heterocycles. The minimum absolute atomic E-state index is 0.0480. The number of nitrogen functional groups attached to an aromatic ring is 1. The largest absolute Gasteiger partial charge is 0.399 e. The van der Waals surface area contributed by atoms with Crippen LogP contribution < -0.4 is 10.6 Å². The van der Waals surface area contributed by atoms with E-state index in [4.69, 9.17) is 5.73 Å². The van der Waals surface area contributed by atoms with Crippen molar-refractivity contribution in [3.8, 4) is 0 Å². The van der Waals surface area contributed by atoms with Crippen molar-refractivity contribution < 1.29 is 8.78 Å². The summed E-state index contributed by atoms with van der Waals surface area (Å²) >= 11 is 0. The number of anilines is 2. The molecule has 2 rings (SSSR count). The summed E-state index contributed by atoms with van der Waals surface area (Å²) < 4.78 is 27.7. The Bertz CT molecular complexity index is 413. The fraction of sp³-hybridized carbons (Fsp3) is 0.538. The molecule has 0 bridgehead atoms. The van der Waals surface area contributed by atoms with Crippen LogP contribution in [-0.2, 0) is 0 Å². The Morgan fingerprint density at radius 3 is 2.39 bits per heavy atom. The van der Waals surface area contributed by atoms with E-state index in [1.54, 1.807) is 4.90 Å². The third-order valence-electron chi connectivity index (χ3n) is 3.53. The molecule has 0 saturated carbocycles. The highest BCUT2D eigenvalue weighted by Gasteiger charge is 2.26. The van der Waals surface area contributed by atoms with Crippen LogP contribution in [0.1, 0.15) is 13.8 Å². The normalized spacial score (nSPS) is 21.3. The van der Waals surface area contributed by atoms with Gasteiger partial charge in [0.2, 0.25) is 0 Å². The van der Waals surface area contributed by atoms with Crippen LogP contribution in [0.5, 0.6) is 0 Å². The van der Waals surface area contributed by atoms with Gasteiger partial charge in [-0.25, -0.2) is 8.78 Å². The first-order chi connectivity index (χ1) is 8.52. The minimum Gasteiger partial charge on any atom is -0.399 e. The van der Waals surface area contributed by atoms with Gasteiger partial charge in [-0.2, -0.15) is 0 Å². The van der Waals surface area contributed by atoms with Crippen LogP contribution in [-0.4, -0.2) is 37.1 Å². The average molecular weight is 255 g/mol. The summed E-state index contributed by atoms with van der Waals surface area (Å²) in [6, 6.07) is 2.64. The third-order valence-corrected chi connectivity index (χ3v) is 3.53. The molecule has 1 aliphatic heterocycles. The number of hydrogen-bond acceptors (Lipinski definition) is 3. The second kappa shape index (κ2) is 5.10. The smallest absolute Gasteiger partial charge is 0.151 e. The number of nitrogens with two attached hydrogens (primary N) is 1. The Hall–Kier alpha value is -1.36. The van der Waals surface area contributed by atoms with E-state index in [1.165, 1.54) is 12.1 Å². The molecular weight excluding hydrogens is 236 g/mol. The standard InChI is InChI=1S/C13H19F2N3/c1-3-17-4-5-18(8-9(17)2)13-11(14)6-10(16)7-12(13)15/h6-7,9H,3-5,8,16H2,1-2H3. The van der Waals surface area contributed by atoms with Gasteiger partial charge in [0.15, 0.2) is 11.6 Å². The van der Waals surface area contributed by atoms with Gasteiger partial charge in [-0.3, -0.25) is 4.90 Å². The zero-order valence-corrected chi connectivity index (χ0v) is 10.8. The summed E-state index contributed by atoms with van der Waals surface area (Å²) in [4.78, 5) is 4.06. The van der Waals surface area contributed by atoms with Gasteiger partial charge >= 0.3 is 0 Å². The first kappa shape index (κ1) is 13.1. The van der Waals surface area contributed by atoms with E-state index in [0.29, 0.717) is 19.1 Å². The number of nitrogens with zero attached hydrogens (tertiary/aromatic N) is 2. The lowest BCUT2D eigenvalue weighted by molar-refractivity contribution is 0.198. The quantitative estimate of drug-likeness (QED) is 0.821. The van der Waals surface area contributed by atoms with Crippen molar-refractivity contribution in [3.05, 3.63) is 23.8 Å². The molecule has 3 nitrogen and oxygen atoms in total. The third kappa shape index (κ3) is 2.41. The summed E-state index contributed by atoms with van der Waals surface area (Å²) in [7, 11) is 0. The first-order valence-corrected chi connectivity index (χ1v) is 6.26. The SMILES string of the molecule is CCN1CCN(c2c(F)cc(N)cc2F)CC1C. The molecule has 5 heteroatoms. The van der Waals surface area contributed by atoms with Crippen molar-refractivity contribution in [1.29, 1.82) is 0 Å². The summed E-state index contributed by atoms with van der Waals surface area (Å²) in [5, 5.41) is 0. The van der Waals surface area contributed by atoms with E-state index in [-0.39, 0.29) is 11.4 Å². The molecule has 2 N–H and O–H groups in total. The van der Waals surface area contributed by atoms with Gasteiger partial charge in [0.25, 0.3) is 0 Å². The van der Waals surface area contributed by atoms with Gasteiger partial charge in [-0.15, -0.1) is 0 Å². The Kier molecular flexibility index (Phi) is 3.71. The molecule has 1 unspecified atom stereocenters. The molecule has 0 amide bonds. The predicted octanol–water partition coefficient (Wildman–Crippen LogP) is 2.08. The summed E-state index contributed by atoms with van der Waals surface area (Å²) in [5.41, 5.74) is 5.59. The Morgan fingerprint density at radius 2 is 1.89 bits per heavy atom. The van der Waals surface area contributed by atoms with E-state index in [2.05, 4.69) is 18.7 Å². The van der Waals surface area contributed by atoms with Gasteiger partial charge in [-0.05, 0) is 25.6 Å². The van der Waals surface area contributed by atoms with Crippen LogP contribution in [0.2, 0.25) is 0 Å². The van der Waals surface area contributed by atoms with Gasteiger partial charge < -0.3 is 10.6 Å². The van der Waals surface area contributed by atoms with Crippen molar-refractivity contribution in [1.82, 2.24) is 4.90 Å². The lowest BCUT2D eigenvalue weighted by Crippen LogP contribution is -2.52. The van der Waals surface area contributed by atoms with Crippen LogP contribution >= 0.6 is 0 Å². The van der Waals surface area contributed by atoms with Crippen molar-refractivity contribution in [2.75, 3.05) is 36.8 Å². The van der Waals surface area contributed by atoms with Gasteiger partial charge in [-0.1, -0.05) is 6.92 Å². The molecule has 1 atom stereocenters. The highest BCUT2D eigenvalue weighted by atomic mass is 19.1. The molecular formula is C13H19F2N3. The van der Waals surface area contributed by atoms with Crippen LogP contribution in [0, 0.1) is 11.6 Å². The summed E-state index contributed by atoms with van der Waals surface area (Å²) in [5.74, 6) is -1.16. The Balaban J connectivity index is 2.23. The topological polar surface area (TPSA) is 32.5 Å². The van der Waals surface area contributed by atoms with Crippen molar-refractivity contribution in [2.24, 2.45) is 0 Å². The molecule has 0 aromatic heterocycles. The fourth-order valence-electron chi connectivity index (χ4n) is 2.56. The number of hydrogen-bond donors (Lipinski definition) is 1. The number of rotatable bonds is 2. The fourth-order valence-corrected chi connectivity index (χ4v) is 2.56. The van der Waals surface area contributed by atoms with Crippen LogP contribution in [0.4, 0.5) is 20.2 Å². The molecule has 100 valence electrons. The number of likely N-dealkylation sites (N-methyl/N-ethyl adjacent to an activating group) is 1. The molecule has 1 fully saturated rings. The Morgan fingerprint density at radius 1 is 1.28 bits per heavy atom. The van der Waals surface area contributed by atoms with Crippen molar-refractivity contribution in [2.45, 2.75) is 19.9 Å². The van der Waals surface area contributed by atoms with E-state index in [1.807, 2.05) is 0 Å². The van der Waals surface area contributed by atoms with Crippen LogP contribution in [0.15, 0.2) is 12.1 Å². The zero-order chi connectivity index (χ0) is 13.3. The molecule has 1 aliphatic rings. The van der Waals surface area contributed by atoms with Crippen LogP contribution in [0.3, 0.4) is 0 Å². The molecule has 1 aromatic carbocycles. The zero-order valence-electron chi connectivity index (χ0n) is 10.8. The molecule has 18 heavy (non-hydrogen) atoms. The number of piperazine rings is 1. The van der Waals surface area contributed by atoms with Crippen molar-refractivity contribution >= 4 is 11.4 Å². The second-order valence-corrected chi connectivity index (χ2v) is 4.76. The molecule has 0 radical (unpaired) electrons. The first-order valence-electron chi connectivity index (χ1n) is 6.26. The minimum atomic E-state index is -0.579. The average Bonchev–Trinajstić information content (AvgIpc) is 2.27. The Labute approximate surface area is 106 Å². The highest BCUT2D eigenvalue weighted by molar-refractivity contribution is 5.56. The maximum atomic E-state index is 13.8. The molecule has 1 aromatic rings. The number of benzene rings is 1. The number of halogens is 2. The predicted molar refractivity (Wildman–Crippen MR) is 69.7 cm³/mol. The monoisotopic (exact) mass is 255 g/mol. The van der Waals surface area contributed by atoms with Gasteiger partial charge in [0.1, 0.15) is 5.69 Å². The molecule has 0 aliphatic carbocycles. The molecule has 0 spiro atoms.